The predicted molar refractivity (Wildman–Crippen MR) is 112 cm³/mol. The Labute approximate surface area is 159 Å². The molecule has 0 unspecified atom stereocenters. The van der Waals surface area contributed by atoms with Crippen LogP contribution in [0.15, 0.2) is 72.3 Å². The Bertz CT molecular complexity index is 694. The van der Waals surface area contributed by atoms with Crippen LogP contribution in [0.4, 0.5) is 0 Å². The normalized spacial score (nSPS) is 18.8. The smallest absolute Gasteiger partial charge is 0.253 e. The summed E-state index contributed by atoms with van der Waals surface area (Å²) in [6.07, 6.45) is 4.50. The lowest BCUT2D eigenvalue weighted by Crippen LogP contribution is -2.63. The van der Waals surface area contributed by atoms with Crippen LogP contribution in [0, 0.1) is 0 Å². The summed E-state index contributed by atoms with van der Waals surface area (Å²) in [6, 6.07) is 21.4. The fourth-order valence-electron chi connectivity index (χ4n) is 3.59. The first-order valence-electron chi connectivity index (χ1n) is 9.50. The van der Waals surface area contributed by atoms with Gasteiger partial charge < -0.3 is 9.16 Å². The lowest BCUT2D eigenvalue weighted by molar-refractivity contribution is 0.0442. The molecule has 1 aliphatic rings. The number of rotatable bonds is 8. The average molecular weight is 367 g/mol. The molecule has 0 aliphatic carbocycles. The highest BCUT2D eigenvalue weighted by atomic mass is 28.4. The van der Waals surface area contributed by atoms with Crippen LogP contribution in [0.1, 0.15) is 33.6 Å². The van der Waals surface area contributed by atoms with Gasteiger partial charge in [0.2, 0.25) is 0 Å². The van der Waals surface area contributed by atoms with Crippen LogP contribution >= 0.6 is 0 Å². The molecule has 0 saturated carbocycles. The summed E-state index contributed by atoms with van der Waals surface area (Å²) in [5.74, 6) is 0. The summed E-state index contributed by atoms with van der Waals surface area (Å²) in [6.45, 7) is 9.66. The van der Waals surface area contributed by atoms with Crippen molar-refractivity contribution in [2.75, 3.05) is 6.61 Å². The minimum absolute atomic E-state index is 0.201. The first kappa shape index (κ1) is 19.1. The summed E-state index contributed by atoms with van der Waals surface area (Å²) in [5.41, 5.74) is 1.09. The molecule has 138 valence electrons. The maximum atomic E-state index is 7.09. The molecule has 2 nitrogen and oxygen atoms in total. The van der Waals surface area contributed by atoms with Crippen molar-refractivity contribution in [1.82, 2.24) is 0 Å². The van der Waals surface area contributed by atoms with Crippen molar-refractivity contribution in [2.45, 2.75) is 51.9 Å². The molecule has 2 aromatic carbocycles. The molecule has 0 bridgehead atoms. The van der Waals surface area contributed by atoms with Crippen molar-refractivity contribution < 1.29 is 9.16 Å². The monoisotopic (exact) mass is 366 g/mol. The molecule has 0 radical (unpaired) electrons. The second-order valence-corrected chi connectivity index (χ2v) is 11.2. The number of ether oxygens (including phenoxy) is 1. The van der Waals surface area contributed by atoms with Gasteiger partial charge in [0, 0.05) is 0 Å². The van der Waals surface area contributed by atoms with E-state index in [-0.39, 0.29) is 11.7 Å². The lowest BCUT2D eigenvalue weighted by atomic mass is 9.96. The van der Waals surface area contributed by atoms with Crippen molar-refractivity contribution >= 4 is 18.7 Å². The highest BCUT2D eigenvalue weighted by Crippen LogP contribution is 2.35. The second kappa shape index (κ2) is 7.91. The van der Waals surface area contributed by atoms with E-state index in [4.69, 9.17) is 9.16 Å². The van der Waals surface area contributed by atoms with Gasteiger partial charge in [-0.3, -0.25) is 0 Å². The maximum absolute atomic E-state index is 7.09. The van der Waals surface area contributed by atoms with Gasteiger partial charge in [-0.05, 0) is 50.5 Å². The molecule has 1 heterocycles. The molecule has 26 heavy (non-hydrogen) atoms. The Morgan fingerprint density at radius 3 is 2.00 bits per heavy atom. The van der Waals surface area contributed by atoms with E-state index in [1.54, 1.807) is 0 Å². The number of hydrogen-bond donors (Lipinski definition) is 0. The molecule has 1 fully saturated rings. The maximum Gasteiger partial charge on any atom is 0.253 e. The first-order valence-corrected chi connectivity index (χ1v) is 11.9. The van der Waals surface area contributed by atoms with E-state index in [0.717, 1.165) is 19.4 Å². The van der Waals surface area contributed by atoms with Gasteiger partial charge in [-0.1, -0.05) is 72.3 Å². The van der Waals surface area contributed by atoms with E-state index in [1.807, 2.05) is 0 Å². The average Bonchev–Trinajstić information content (AvgIpc) is 3.48. The lowest BCUT2D eigenvalue weighted by Gasteiger charge is -2.39. The van der Waals surface area contributed by atoms with Crippen molar-refractivity contribution in [3.05, 3.63) is 72.3 Å². The van der Waals surface area contributed by atoms with Crippen LogP contribution in [0.5, 0.6) is 0 Å². The van der Waals surface area contributed by atoms with Crippen LogP contribution in [0.2, 0.25) is 6.55 Å². The zero-order valence-corrected chi connectivity index (χ0v) is 17.4. The van der Waals surface area contributed by atoms with Gasteiger partial charge in [0.25, 0.3) is 8.32 Å². The first-order chi connectivity index (χ1) is 12.4. The summed E-state index contributed by atoms with van der Waals surface area (Å²) in [7, 11) is -2.34. The molecule has 0 spiro atoms. The Morgan fingerprint density at radius 2 is 1.58 bits per heavy atom. The molecule has 3 rings (SSSR count). The van der Waals surface area contributed by atoms with Gasteiger partial charge >= 0.3 is 0 Å². The molecular formula is C23H30O2Si. The van der Waals surface area contributed by atoms with E-state index in [0.29, 0.717) is 0 Å². The van der Waals surface area contributed by atoms with Crippen molar-refractivity contribution in [2.24, 2.45) is 0 Å². The van der Waals surface area contributed by atoms with Gasteiger partial charge in [-0.25, -0.2) is 0 Å². The molecule has 2 atom stereocenters. The summed E-state index contributed by atoms with van der Waals surface area (Å²) < 4.78 is 12.8. The van der Waals surface area contributed by atoms with Crippen LogP contribution in [0.3, 0.4) is 0 Å². The van der Waals surface area contributed by atoms with Gasteiger partial charge in [0.15, 0.2) is 0 Å². The quantitative estimate of drug-likeness (QED) is 0.395. The van der Waals surface area contributed by atoms with E-state index >= 15 is 0 Å². The Hall–Kier alpha value is -1.68. The number of hydrogen-bond acceptors (Lipinski definition) is 2. The Balaban J connectivity index is 1.95. The highest BCUT2D eigenvalue weighted by Gasteiger charge is 2.49. The minimum atomic E-state index is -2.34. The fraction of sp³-hybridized carbons (Fsp3) is 0.391. The third-order valence-electron chi connectivity index (χ3n) is 5.29. The molecule has 3 heteroatoms. The molecule has 0 N–H and O–H groups in total. The van der Waals surface area contributed by atoms with E-state index < -0.39 is 8.32 Å². The van der Waals surface area contributed by atoms with Gasteiger partial charge in [0.05, 0.1) is 12.2 Å². The van der Waals surface area contributed by atoms with Crippen LogP contribution < -0.4 is 10.4 Å². The number of benzene rings is 2. The molecule has 1 aliphatic heterocycles. The van der Waals surface area contributed by atoms with E-state index in [1.165, 1.54) is 15.9 Å². The third-order valence-corrected chi connectivity index (χ3v) is 9.04. The van der Waals surface area contributed by atoms with E-state index in [9.17, 15) is 0 Å². The molecule has 1 saturated heterocycles. The zero-order chi connectivity index (χ0) is 18.6. The van der Waals surface area contributed by atoms with Crippen molar-refractivity contribution in [3.8, 4) is 0 Å². The fourth-order valence-corrected chi connectivity index (χ4v) is 6.98. The predicted octanol–water partition coefficient (Wildman–Crippen LogP) is 4.30. The summed E-state index contributed by atoms with van der Waals surface area (Å²) >= 11 is 0. The van der Waals surface area contributed by atoms with Gasteiger partial charge in [0.1, 0.15) is 6.10 Å². The number of epoxide rings is 1. The third kappa shape index (κ3) is 4.34. The molecule has 0 aromatic heterocycles. The standard InChI is InChI=1S/C23H30O2Si/c1-19(2)12-11-17-23(3,22-18-24-22)25-26(4,20-13-7-5-8-14-20)21-15-9-6-10-16-21/h5-10,12-16,22H,11,17-18H2,1-4H3/t22-,23+/m1/s1. The minimum Gasteiger partial charge on any atom is -0.400 e. The Morgan fingerprint density at radius 1 is 1.08 bits per heavy atom. The van der Waals surface area contributed by atoms with Crippen molar-refractivity contribution in [3.63, 3.8) is 0 Å². The SMILES string of the molecule is CC(C)=CCC[C@](C)(O[Si](C)(c1ccccc1)c1ccccc1)[C@H]1CO1. The molecule has 2 aromatic rings. The topological polar surface area (TPSA) is 21.8 Å². The van der Waals surface area contributed by atoms with Crippen LogP contribution in [-0.2, 0) is 9.16 Å². The van der Waals surface area contributed by atoms with Crippen LogP contribution in [0.25, 0.3) is 0 Å². The van der Waals surface area contributed by atoms with Gasteiger partial charge in [-0.15, -0.1) is 0 Å². The zero-order valence-electron chi connectivity index (χ0n) is 16.4. The second-order valence-electron chi connectivity index (χ2n) is 7.82. The highest BCUT2D eigenvalue weighted by molar-refractivity contribution is 6.96. The molecular weight excluding hydrogens is 336 g/mol. The largest absolute Gasteiger partial charge is 0.400 e. The van der Waals surface area contributed by atoms with Crippen molar-refractivity contribution in [1.29, 1.82) is 0 Å². The van der Waals surface area contributed by atoms with E-state index in [2.05, 4.69) is 94.1 Å². The summed E-state index contributed by atoms with van der Waals surface area (Å²) in [4.78, 5) is 0. The Kier molecular flexibility index (Phi) is 5.81. The van der Waals surface area contributed by atoms with Crippen LogP contribution in [-0.4, -0.2) is 26.6 Å². The number of allylic oxidation sites excluding steroid dienone is 2. The summed E-state index contributed by atoms with van der Waals surface area (Å²) in [5, 5.41) is 2.61. The van der Waals surface area contributed by atoms with Gasteiger partial charge in [-0.2, -0.15) is 0 Å². The molecule has 0 amide bonds.